The first kappa shape index (κ1) is 14.7. The molecule has 108 valence electrons. The SMILES string of the molecule is COC(=O)C=Cc1ccc(OCc2ccccc2)cc1O. The molecule has 0 radical (unpaired) electrons. The Kier molecular flexibility index (Phi) is 4.99. The van der Waals surface area contributed by atoms with Crippen molar-refractivity contribution in [1.29, 1.82) is 0 Å². The molecule has 0 unspecified atom stereocenters. The number of methoxy groups -OCH3 is 1. The molecule has 0 aromatic heterocycles. The highest BCUT2D eigenvalue weighted by Gasteiger charge is 2.02. The van der Waals surface area contributed by atoms with Crippen LogP contribution >= 0.6 is 0 Å². The lowest BCUT2D eigenvalue weighted by molar-refractivity contribution is -0.134. The van der Waals surface area contributed by atoms with E-state index in [4.69, 9.17) is 4.74 Å². The van der Waals surface area contributed by atoms with Crippen molar-refractivity contribution in [2.75, 3.05) is 7.11 Å². The number of rotatable bonds is 5. The molecular formula is C17H16O4. The molecule has 2 aromatic carbocycles. The van der Waals surface area contributed by atoms with E-state index in [9.17, 15) is 9.90 Å². The van der Waals surface area contributed by atoms with Crippen LogP contribution in [0.2, 0.25) is 0 Å². The second kappa shape index (κ2) is 7.14. The summed E-state index contributed by atoms with van der Waals surface area (Å²) in [6.07, 6.45) is 2.74. The summed E-state index contributed by atoms with van der Waals surface area (Å²) in [4.78, 5) is 11.0. The number of aromatic hydroxyl groups is 1. The van der Waals surface area contributed by atoms with E-state index < -0.39 is 5.97 Å². The third-order valence-corrected chi connectivity index (χ3v) is 2.85. The van der Waals surface area contributed by atoms with Crippen molar-refractivity contribution in [2.45, 2.75) is 6.61 Å². The van der Waals surface area contributed by atoms with Crippen molar-refractivity contribution in [1.82, 2.24) is 0 Å². The Morgan fingerprint density at radius 3 is 2.62 bits per heavy atom. The smallest absolute Gasteiger partial charge is 0.330 e. The van der Waals surface area contributed by atoms with Gasteiger partial charge in [-0.25, -0.2) is 4.79 Å². The van der Waals surface area contributed by atoms with E-state index in [-0.39, 0.29) is 5.75 Å². The number of ether oxygens (including phenoxy) is 2. The highest BCUT2D eigenvalue weighted by molar-refractivity contribution is 5.87. The summed E-state index contributed by atoms with van der Waals surface area (Å²) in [7, 11) is 1.30. The third-order valence-electron chi connectivity index (χ3n) is 2.85. The fraction of sp³-hybridized carbons (Fsp3) is 0.118. The van der Waals surface area contributed by atoms with Crippen LogP contribution in [0, 0.1) is 0 Å². The largest absolute Gasteiger partial charge is 0.507 e. The molecule has 0 bridgehead atoms. The van der Waals surface area contributed by atoms with E-state index in [0.29, 0.717) is 17.9 Å². The lowest BCUT2D eigenvalue weighted by atomic mass is 10.1. The van der Waals surface area contributed by atoms with Gasteiger partial charge in [0.15, 0.2) is 0 Å². The molecule has 0 spiro atoms. The third kappa shape index (κ3) is 4.38. The molecule has 4 heteroatoms. The number of carbonyl (C=O) groups is 1. The van der Waals surface area contributed by atoms with Crippen LogP contribution in [-0.2, 0) is 16.1 Å². The minimum absolute atomic E-state index is 0.0423. The monoisotopic (exact) mass is 284 g/mol. The number of phenolic OH excluding ortho intramolecular Hbond substituents is 1. The molecule has 1 N–H and O–H groups in total. The van der Waals surface area contributed by atoms with Gasteiger partial charge in [0.05, 0.1) is 7.11 Å². The predicted octanol–water partition coefficient (Wildman–Crippen LogP) is 3.16. The number of benzene rings is 2. The average Bonchev–Trinajstić information content (AvgIpc) is 2.52. The van der Waals surface area contributed by atoms with Crippen LogP contribution in [0.4, 0.5) is 0 Å². The van der Waals surface area contributed by atoms with E-state index in [0.717, 1.165) is 5.56 Å². The molecule has 0 aliphatic carbocycles. The Labute approximate surface area is 123 Å². The fourth-order valence-electron chi connectivity index (χ4n) is 1.72. The van der Waals surface area contributed by atoms with Crippen LogP contribution in [0.25, 0.3) is 6.08 Å². The molecule has 0 aliphatic heterocycles. The van der Waals surface area contributed by atoms with Crippen LogP contribution in [0.3, 0.4) is 0 Å². The summed E-state index contributed by atoms with van der Waals surface area (Å²) < 4.78 is 10.1. The average molecular weight is 284 g/mol. The molecule has 0 saturated carbocycles. The van der Waals surface area contributed by atoms with Crippen molar-refractivity contribution in [3.05, 3.63) is 65.7 Å². The molecule has 2 rings (SSSR count). The van der Waals surface area contributed by atoms with Gasteiger partial charge >= 0.3 is 5.97 Å². The fourth-order valence-corrected chi connectivity index (χ4v) is 1.72. The Bertz CT molecular complexity index is 632. The second-order valence-corrected chi connectivity index (χ2v) is 4.35. The highest BCUT2D eigenvalue weighted by atomic mass is 16.5. The van der Waals surface area contributed by atoms with E-state index >= 15 is 0 Å². The maximum atomic E-state index is 11.0. The molecule has 4 nitrogen and oxygen atoms in total. The van der Waals surface area contributed by atoms with E-state index in [2.05, 4.69) is 4.74 Å². The summed E-state index contributed by atoms with van der Waals surface area (Å²) >= 11 is 0. The number of hydrogen-bond donors (Lipinski definition) is 1. The Balaban J connectivity index is 2.02. The summed E-state index contributed by atoms with van der Waals surface area (Å²) in [5, 5.41) is 9.89. The van der Waals surface area contributed by atoms with Gasteiger partial charge in [-0.15, -0.1) is 0 Å². The second-order valence-electron chi connectivity index (χ2n) is 4.35. The van der Waals surface area contributed by atoms with Gasteiger partial charge in [0.25, 0.3) is 0 Å². The zero-order chi connectivity index (χ0) is 15.1. The first-order chi connectivity index (χ1) is 10.2. The number of esters is 1. The quantitative estimate of drug-likeness (QED) is 0.677. The number of phenols is 1. The summed E-state index contributed by atoms with van der Waals surface area (Å²) in [6.45, 7) is 0.428. The van der Waals surface area contributed by atoms with Gasteiger partial charge in [0, 0.05) is 17.7 Å². The first-order valence-electron chi connectivity index (χ1n) is 6.45. The summed E-state index contributed by atoms with van der Waals surface area (Å²) in [5.41, 5.74) is 1.57. The zero-order valence-corrected chi connectivity index (χ0v) is 11.7. The van der Waals surface area contributed by atoms with Crippen LogP contribution in [-0.4, -0.2) is 18.2 Å². The molecule has 0 aliphatic rings. The van der Waals surface area contributed by atoms with Gasteiger partial charge in [-0.05, 0) is 23.8 Å². The van der Waals surface area contributed by atoms with Gasteiger partial charge < -0.3 is 14.6 Å². The molecule has 0 atom stereocenters. The van der Waals surface area contributed by atoms with E-state index in [1.807, 2.05) is 30.3 Å². The van der Waals surface area contributed by atoms with Crippen LogP contribution in [0.15, 0.2) is 54.6 Å². The first-order valence-corrected chi connectivity index (χ1v) is 6.45. The van der Waals surface area contributed by atoms with E-state index in [1.54, 1.807) is 12.1 Å². The predicted molar refractivity (Wildman–Crippen MR) is 79.9 cm³/mol. The van der Waals surface area contributed by atoms with Gasteiger partial charge in [-0.1, -0.05) is 30.3 Å². The zero-order valence-electron chi connectivity index (χ0n) is 11.7. The van der Waals surface area contributed by atoms with Crippen molar-refractivity contribution in [3.8, 4) is 11.5 Å². The van der Waals surface area contributed by atoms with Gasteiger partial charge in [0.1, 0.15) is 18.1 Å². The lowest BCUT2D eigenvalue weighted by Gasteiger charge is -2.08. The Hall–Kier alpha value is -2.75. The van der Waals surface area contributed by atoms with Gasteiger partial charge in [-0.2, -0.15) is 0 Å². The maximum absolute atomic E-state index is 11.0. The van der Waals surface area contributed by atoms with Crippen LogP contribution in [0.5, 0.6) is 11.5 Å². The van der Waals surface area contributed by atoms with Crippen molar-refractivity contribution < 1.29 is 19.4 Å². The maximum Gasteiger partial charge on any atom is 0.330 e. The lowest BCUT2D eigenvalue weighted by Crippen LogP contribution is -1.95. The standard InChI is InChI=1S/C17H16O4/c1-20-17(19)10-8-14-7-9-15(11-16(14)18)21-12-13-5-3-2-4-6-13/h2-11,18H,12H2,1H3. The molecular weight excluding hydrogens is 268 g/mol. The molecule has 21 heavy (non-hydrogen) atoms. The van der Waals surface area contributed by atoms with Gasteiger partial charge in [-0.3, -0.25) is 0 Å². The van der Waals surface area contributed by atoms with Crippen molar-refractivity contribution >= 4 is 12.0 Å². The topological polar surface area (TPSA) is 55.8 Å². The summed E-state index contributed by atoms with van der Waals surface area (Å²) in [5.74, 6) is 0.131. The Morgan fingerprint density at radius 2 is 1.95 bits per heavy atom. The Morgan fingerprint density at radius 1 is 1.19 bits per heavy atom. The number of hydrogen-bond acceptors (Lipinski definition) is 4. The molecule has 2 aromatic rings. The molecule has 0 heterocycles. The minimum atomic E-state index is -0.473. The normalized spacial score (nSPS) is 10.5. The molecule has 0 amide bonds. The minimum Gasteiger partial charge on any atom is -0.507 e. The summed E-state index contributed by atoms with van der Waals surface area (Å²) in [6, 6.07) is 14.7. The van der Waals surface area contributed by atoms with Crippen LogP contribution < -0.4 is 4.74 Å². The highest BCUT2D eigenvalue weighted by Crippen LogP contribution is 2.25. The van der Waals surface area contributed by atoms with Crippen molar-refractivity contribution in [2.24, 2.45) is 0 Å². The molecule has 0 saturated heterocycles. The van der Waals surface area contributed by atoms with E-state index in [1.165, 1.54) is 25.3 Å². The van der Waals surface area contributed by atoms with Crippen LogP contribution in [0.1, 0.15) is 11.1 Å². The van der Waals surface area contributed by atoms with Crippen molar-refractivity contribution in [3.63, 3.8) is 0 Å². The molecule has 0 fully saturated rings. The number of carbonyl (C=O) groups excluding carboxylic acids is 1. The van der Waals surface area contributed by atoms with Gasteiger partial charge in [0.2, 0.25) is 0 Å².